The van der Waals surface area contributed by atoms with Gasteiger partial charge in [-0.2, -0.15) is 0 Å². The van der Waals surface area contributed by atoms with E-state index in [0.717, 1.165) is 10.5 Å². The van der Waals surface area contributed by atoms with Gasteiger partial charge < -0.3 is 4.90 Å². The summed E-state index contributed by atoms with van der Waals surface area (Å²) >= 11 is 0. The molecule has 0 aliphatic carbocycles. The summed E-state index contributed by atoms with van der Waals surface area (Å²) in [4.78, 5) is 40.8. The molecule has 1 heterocycles. The lowest BCUT2D eigenvalue weighted by Crippen LogP contribution is -2.45. The van der Waals surface area contributed by atoms with E-state index in [9.17, 15) is 22.8 Å². The lowest BCUT2D eigenvalue weighted by molar-refractivity contribution is -0.122. The van der Waals surface area contributed by atoms with E-state index < -0.39 is 27.9 Å². The van der Waals surface area contributed by atoms with Crippen molar-refractivity contribution in [1.29, 1.82) is 0 Å². The molecule has 2 aromatic carbocycles. The van der Waals surface area contributed by atoms with Crippen LogP contribution in [0.25, 0.3) is 0 Å². The molecule has 1 unspecified atom stereocenters. The average Bonchev–Trinajstić information content (AvgIpc) is 2.99. The number of benzene rings is 2. The number of hydrogen-bond donors (Lipinski definition) is 1. The maximum atomic E-state index is 13.1. The molecule has 1 fully saturated rings. The molecular formula is C21H21N3O5S. The first-order chi connectivity index (χ1) is 14.1. The Balaban J connectivity index is 1.91. The van der Waals surface area contributed by atoms with Crippen LogP contribution in [0.5, 0.6) is 0 Å². The van der Waals surface area contributed by atoms with Gasteiger partial charge in [-0.1, -0.05) is 23.8 Å². The van der Waals surface area contributed by atoms with Crippen molar-refractivity contribution in [1.82, 2.24) is 4.90 Å². The second kappa shape index (κ2) is 8.21. The first kappa shape index (κ1) is 21.4. The van der Waals surface area contributed by atoms with Crippen LogP contribution < -0.4 is 10.0 Å². The average molecular weight is 427 g/mol. The highest BCUT2D eigenvalue weighted by Gasteiger charge is 2.44. The number of hydrogen-bond acceptors (Lipinski definition) is 5. The predicted octanol–water partition coefficient (Wildman–Crippen LogP) is 1.60. The van der Waals surface area contributed by atoms with Gasteiger partial charge >= 0.3 is 0 Å². The van der Waals surface area contributed by atoms with Crippen LogP contribution in [-0.2, 0) is 19.6 Å². The summed E-state index contributed by atoms with van der Waals surface area (Å²) in [6, 6.07) is 11.1. The number of rotatable bonds is 6. The van der Waals surface area contributed by atoms with Gasteiger partial charge in [-0.15, -0.1) is 6.58 Å². The van der Waals surface area contributed by atoms with Crippen molar-refractivity contribution >= 4 is 33.4 Å². The summed E-state index contributed by atoms with van der Waals surface area (Å²) < 4.78 is 22.8. The molecule has 1 saturated heterocycles. The number of imide groups is 1. The SMILES string of the molecule is C=CCN(C(=O)c1cccc(C)c1)C1CC(=O)N(c2ccc(S(N)(=O)=O)cc2)C1=O. The quantitative estimate of drug-likeness (QED) is 0.555. The Morgan fingerprint density at radius 1 is 1.23 bits per heavy atom. The molecule has 0 aromatic heterocycles. The molecule has 3 amide bonds. The fourth-order valence-electron chi connectivity index (χ4n) is 3.35. The lowest BCUT2D eigenvalue weighted by atomic mass is 10.1. The van der Waals surface area contributed by atoms with Gasteiger partial charge in [-0.05, 0) is 43.3 Å². The minimum absolute atomic E-state index is 0.0919. The summed E-state index contributed by atoms with van der Waals surface area (Å²) in [5.74, 6) is -1.43. The van der Waals surface area contributed by atoms with E-state index in [0.29, 0.717) is 5.56 Å². The summed E-state index contributed by atoms with van der Waals surface area (Å²) in [5, 5.41) is 5.08. The number of anilines is 1. The lowest BCUT2D eigenvalue weighted by Gasteiger charge is -2.26. The Bertz CT molecular complexity index is 1130. The van der Waals surface area contributed by atoms with Crippen molar-refractivity contribution in [2.24, 2.45) is 5.14 Å². The molecule has 0 radical (unpaired) electrons. The van der Waals surface area contributed by atoms with E-state index >= 15 is 0 Å². The highest BCUT2D eigenvalue weighted by Crippen LogP contribution is 2.27. The molecule has 1 aliphatic heterocycles. The van der Waals surface area contributed by atoms with Crippen molar-refractivity contribution in [2.75, 3.05) is 11.4 Å². The number of carbonyl (C=O) groups is 3. The van der Waals surface area contributed by atoms with E-state index in [1.807, 2.05) is 13.0 Å². The zero-order valence-electron chi connectivity index (χ0n) is 16.3. The zero-order valence-corrected chi connectivity index (χ0v) is 17.1. The smallest absolute Gasteiger partial charge is 0.257 e. The number of sulfonamides is 1. The number of nitrogens with two attached hydrogens (primary N) is 1. The van der Waals surface area contributed by atoms with Gasteiger partial charge in [0.15, 0.2) is 0 Å². The second-order valence-corrected chi connectivity index (χ2v) is 8.50. The van der Waals surface area contributed by atoms with Crippen LogP contribution in [0.15, 0.2) is 66.1 Å². The largest absolute Gasteiger partial charge is 0.322 e. The molecule has 0 spiro atoms. The monoisotopic (exact) mass is 427 g/mol. The van der Waals surface area contributed by atoms with Gasteiger partial charge in [0.25, 0.3) is 11.8 Å². The van der Waals surface area contributed by atoms with Crippen molar-refractivity contribution in [3.8, 4) is 0 Å². The van der Waals surface area contributed by atoms with Crippen molar-refractivity contribution < 1.29 is 22.8 Å². The fraction of sp³-hybridized carbons (Fsp3) is 0.190. The Morgan fingerprint density at radius 3 is 2.47 bits per heavy atom. The highest BCUT2D eigenvalue weighted by molar-refractivity contribution is 7.89. The number of amides is 3. The Hall–Kier alpha value is -3.30. The summed E-state index contributed by atoms with van der Waals surface area (Å²) in [6.45, 7) is 5.59. The van der Waals surface area contributed by atoms with Gasteiger partial charge in [0.05, 0.1) is 17.0 Å². The number of primary sulfonamides is 1. The molecule has 0 bridgehead atoms. The van der Waals surface area contributed by atoms with E-state index in [2.05, 4.69) is 6.58 Å². The molecule has 9 heteroatoms. The maximum Gasteiger partial charge on any atom is 0.257 e. The molecule has 30 heavy (non-hydrogen) atoms. The van der Waals surface area contributed by atoms with Crippen LogP contribution in [-0.4, -0.2) is 43.6 Å². The minimum Gasteiger partial charge on any atom is -0.322 e. The molecule has 3 rings (SSSR count). The first-order valence-corrected chi connectivity index (χ1v) is 10.7. The molecule has 2 aromatic rings. The van der Waals surface area contributed by atoms with Crippen LogP contribution in [0.2, 0.25) is 0 Å². The van der Waals surface area contributed by atoms with Crippen molar-refractivity contribution in [3.63, 3.8) is 0 Å². The zero-order chi connectivity index (χ0) is 22.1. The highest BCUT2D eigenvalue weighted by atomic mass is 32.2. The molecule has 8 nitrogen and oxygen atoms in total. The van der Waals surface area contributed by atoms with E-state index in [-0.39, 0.29) is 29.5 Å². The maximum absolute atomic E-state index is 13.1. The molecule has 1 aliphatic rings. The van der Waals surface area contributed by atoms with E-state index in [4.69, 9.17) is 5.14 Å². The van der Waals surface area contributed by atoms with Gasteiger partial charge in [0.2, 0.25) is 15.9 Å². The van der Waals surface area contributed by atoms with Crippen LogP contribution in [0.3, 0.4) is 0 Å². The van der Waals surface area contributed by atoms with Gasteiger partial charge in [-0.25, -0.2) is 18.5 Å². The first-order valence-electron chi connectivity index (χ1n) is 9.11. The fourth-order valence-corrected chi connectivity index (χ4v) is 3.87. The van der Waals surface area contributed by atoms with Crippen molar-refractivity contribution in [3.05, 3.63) is 72.3 Å². The summed E-state index contributed by atoms with van der Waals surface area (Å²) in [6.07, 6.45) is 1.32. The topological polar surface area (TPSA) is 118 Å². The van der Waals surface area contributed by atoms with E-state index in [1.165, 1.54) is 35.2 Å². The Kier molecular flexibility index (Phi) is 5.86. The second-order valence-electron chi connectivity index (χ2n) is 6.94. The van der Waals surface area contributed by atoms with Gasteiger partial charge in [0, 0.05) is 12.1 Å². The molecule has 1 atom stereocenters. The van der Waals surface area contributed by atoms with E-state index in [1.54, 1.807) is 18.2 Å². The summed E-state index contributed by atoms with van der Waals surface area (Å²) in [5.41, 5.74) is 1.51. The van der Waals surface area contributed by atoms with Crippen LogP contribution in [0.1, 0.15) is 22.3 Å². The third kappa shape index (κ3) is 4.17. The van der Waals surface area contributed by atoms with Gasteiger partial charge in [0.1, 0.15) is 6.04 Å². The minimum atomic E-state index is -3.90. The third-order valence-corrected chi connectivity index (χ3v) is 5.70. The Morgan fingerprint density at radius 2 is 1.90 bits per heavy atom. The molecule has 2 N–H and O–H groups in total. The molecular weight excluding hydrogens is 406 g/mol. The van der Waals surface area contributed by atoms with Crippen LogP contribution in [0, 0.1) is 6.92 Å². The third-order valence-electron chi connectivity index (χ3n) is 4.77. The number of aryl methyl sites for hydroxylation is 1. The molecule has 156 valence electrons. The standard InChI is InChI=1S/C21H21N3O5S/c1-3-11-23(20(26)15-6-4-5-14(2)12-15)18-13-19(25)24(21(18)27)16-7-9-17(10-8-16)30(22,28)29/h3-10,12,18H,1,11,13H2,2H3,(H2,22,28,29). The predicted molar refractivity (Wildman–Crippen MR) is 111 cm³/mol. The normalized spacial score (nSPS) is 16.6. The number of carbonyl (C=O) groups excluding carboxylic acids is 3. The Labute approximate surface area is 174 Å². The van der Waals surface area contributed by atoms with Gasteiger partial charge in [-0.3, -0.25) is 14.4 Å². The van der Waals surface area contributed by atoms with Crippen LogP contribution >= 0.6 is 0 Å². The molecule has 0 saturated carbocycles. The number of nitrogens with zero attached hydrogens (tertiary/aromatic N) is 2. The van der Waals surface area contributed by atoms with Crippen molar-refractivity contribution in [2.45, 2.75) is 24.3 Å². The van der Waals surface area contributed by atoms with Crippen LogP contribution in [0.4, 0.5) is 5.69 Å². The summed E-state index contributed by atoms with van der Waals surface area (Å²) in [7, 11) is -3.90.